The van der Waals surface area contributed by atoms with Crippen molar-refractivity contribution in [3.8, 4) is 11.5 Å². The van der Waals surface area contributed by atoms with Crippen LogP contribution in [0.15, 0.2) is 67.1 Å². The Labute approximate surface area is 117 Å². The highest BCUT2D eigenvalue weighted by Crippen LogP contribution is 2.23. The summed E-state index contributed by atoms with van der Waals surface area (Å²) >= 11 is 0. The quantitative estimate of drug-likeness (QED) is 0.737. The van der Waals surface area contributed by atoms with Gasteiger partial charge in [0.25, 0.3) is 0 Å². The van der Waals surface area contributed by atoms with Crippen molar-refractivity contribution in [1.29, 1.82) is 0 Å². The molecule has 0 saturated heterocycles. The van der Waals surface area contributed by atoms with Crippen LogP contribution < -0.4 is 10.1 Å². The summed E-state index contributed by atoms with van der Waals surface area (Å²) in [6.07, 6.45) is 3.48. The number of nitrogens with zero attached hydrogens (tertiary/aromatic N) is 1. The monoisotopic (exact) mass is 265 g/mol. The van der Waals surface area contributed by atoms with E-state index in [0.717, 1.165) is 22.9 Å². The SMILES string of the molecule is c1ccc(Oc2cccc(NCc3cnc[nH]3)c2)cc1. The highest BCUT2D eigenvalue weighted by atomic mass is 16.5. The first-order chi connectivity index (χ1) is 9.90. The first kappa shape index (κ1) is 12.3. The average molecular weight is 265 g/mol. The van der Waals surface area contributed by atoms with Crippen LogP contribution in [0.3, 0.4) is 0 Å². The topological polar surface area (TPSA) is 49.9 Å². The minimum Gasteiger partial charge on any atom is -0.457 e. The van der Waals surface area contributed by atoms with Gasteiger partial charge in [-0.2, -0.15) is 0 Å². The standard InChI is InChI=1S/C16H15N3O/c1-2-6-15(7-3-1)20-16-8-4-5-13(9-16)18-11-14-10-17-12-19-14/h1-10,12,18H,11H2,(H,17,19). The van der Waals surface area contributed by atoms with Gasteiger partial charge in [-0.1, -0.05) is 24.3 Å². The Morgan fingerprint density at radius 3 is 2.65 bits per heavy atom. The molecule has 4 nitrogen and oxygen atoms in total. The highest BCUT2D eigenvalue weighted by molar-refractivity contribution is 5.49. The Balaban J connectivity index is 1.66. The van der Waals surface area contributed by atoms with Gasteiger partial charge in [-0.3, -0.25) is 0 Å². The number of imidazole rings is 1. The molecular formula is C16H15N3O. The zero-order chi connectivity index (χ0) is 13.6. The minimum atomic E-state index is 0.703. The Hall–Kier alpha value is -2.75. The number of aromatic nitrogens is 2. The molecule has 100 valence electrons. The third kappa shape index (κ3) is 3.17. The molecule has 1 aromatic heterocycles. The fourth-order valence-electron chi connectivity index (χ4n) is 1.87. The number of H-pyrrole nitrogens is 1. The minimum absolute atomic E-state index is 0.703. The maximum atomic E-state index is 5.80. The van der Waals surface area contributed by atoms with Gasteiger partial charge in [0.2, 0.25) is 0 Å². The molecule has 20 heavy (non-hydrogen) atoms. The lowest BCUT2D eigenvalue weighted by Crippen LogP contribution is -1.99. The third-order valence-corrected chi connectivity index (χ3v) is 2.85. The molecule has 3 rings (SSSR count). The second-order valence-electron chi connectivity index (χ2n) is 4.37. The van der Waals surface area contributed by atoms with Crippen LogP contribution in [0.4, 0.5) is 5.69 Å². The summed E-state index contributed by atoms with van der Waals surface area (Å²) in [5.41, 5.74) is 2.05. The van der Waals surface area contributed by atoms with E-state index in [1.165, 1.54) is 0 Å². The second kappa shape index (κ2) is 5.93. The lowest BCUT2D eigenvalue weighted by atomic mass is 10.3. The number of anilines is 1. The molecule has 1 heterocycles. The fraction of sp³-hybridized carbons (Fsp3) is 0.0625. The van der Waals surface area contributed by atoms with E-state index in [4.69, 9.17) is 4.74 Å². The molecule has 0 saturated carbocycles. The van der Waals surface area contributed by atoms with Crippen LogP contribution >= 0.6 is 0 Å². The van der Waals surface area contributed by atoms with E-state index in [-0.39, 0.29) is 0 Å². The van der Waals surface area contributed by atoms with Crippen LogP contribution in [0.2, 0.25) is 0 Å². The number of hydrogen-bond acceptors (Lipinski definition) is 3. The van der Waals surface area contributed by atoms with Crippen molar-refractivity contribution < 1.29 is 4.74 Å². The molecule has 4 heteroatoms. The summed E-state index contributed by atoms with van der Waals surface area (Å²) in [5.74, 6) is 1.64. The molecule has 0 fully saturated rings. The van der Waals surface area contributed by atoms with Gasteiger partial charge in [-0.05, 0) is 24.3 Å². The van der Waals surface area contributed by atoms with E-state index in [0.29, 0.717) is 6.54 Å². The summed E-state index contributed by atoms with van der Waals surface area (Å²) in [6, 6.07) is 17.6. The number of para-hydroxylation sites is 1. The molecule has 0 aliphatic carbocycles. The molecule has 0 aliphatic rings. The lowest BCUT2D eigenvalue weighted by Gasteiger charge is -2.09. The van der Waals surface area contributed by atoms with Crippen LogP contribution in [0.5, 0.6) is 11.5 Å². The molecule has 0 atom stereocenters. The van der Waals surface area contributed by atoms with Crippen LogP contribution in [0, 0.1) is 0 Å². The number of nitrogens with one attached hydrogen (secondary N) is 2. The van der Waals surface area contributed by atoms with Crippen LogP contribution in [-0.4, -0.2) is 9.97 Å². The van der Waals surface area contributed by atoms with Gasteiger partial charge in [0.15, 0.2) is 0 Å². The molecule has 2 aromatic carbocycles. The second-order valence-corrected chi connectivity index (χ2v) is 4.37. The van der Waals surface area contributed by atoms with Gasteiger partial charge in [-0.15, -0.1) is 0 Å². The summed E-state index contributed by atoms with van der Waals surface area (Å²) in [7, 11) is 0. The molecule has 0 spiro atoms. The Morgan fingerprint density at radius 1 is 1.00 bits per heavy atom. The first-order valence-corrected chi connectivity index (χ1v) is 6.44. The van der Waals surface area contributed by atoms with E-state index in [2.05, 4.69) is 15.3 Å². The zero-order valence-corrected chi connectivity index (χ0v) is 10.9. The third-order valence-electron chi connectivity index (χ3n) is 2.85. The number of benzene rings is 2. The van der Waals surface area contributed by atoms with E-state index in [9.17, 15) is 0 Å². The lowest BCUT2D eigenvalue weighted by molar-refractivity contribution is 0.483. The maximum Gasteiger partial charge on any atom is 0.129 e. The van der Waals surface area contributed by atoms with Crippen molar-refractivity contribution in [2.45, 2.75) is 6.54 Å². The first-order valence-electron chi connectivity index (χ1n) is 6.44. The molecule has 0 amide bonds. The van der Waals surface area contributed by atoms with Crippen molar-refractivity contribution in [3.63, 3.8) is 0 Å². The predicted molar refractivity (Wildman–Crippen MR) is 78.9 cm³/mol. The Kier molecular flexibility index (Phi) is 3.64. The average Bonchev–Trinajstić information content (AvgIpc) is 3.00. The van der Waals surface area contributed by atoms with Crippen LogP contribution in [0.1, 0.15) is 5.69 Å². The molecule has 0 unspecified atom stereocenters. The van der Waals surface area contributed by atoms with Gasteiger partial charge in [-0.25, -0.2) is 4.98 Å². The van der Waals surface area contributed by atoms with Crippen LogP contribution in [0.25, 0.3) is 0 Å². The van der Waals surface area contributed by atoms with Gasteiger partial charge in [0.05, 0.1) is 18.6 Å². The number of ether oxygens (including phenoxy) is 1. The number of rotatable bonds is 5. The molecule has 2 N–H and O–H groups in total. The van der Waals surface area contributed by atoms with Crippen molar-refractivity contribution in [3.05, 3.63) is 72.8 Å². The number of hydrogen-bond donors (Lipinski definition) is 2. The van der Waals surface area contributed by atoms with E-state index < -0.39 is 0 Å². The number of aromatic amines is 1. The summed E-state index contributed by atoms with van der Waals surface area (Å²) < 4.78 is 5.80. The smallest absolute Gasteiger partial charge is 0.129 e. The van der Waals surface area contributed by atoms with E-state index in [1.54, 1.807) is 12.5 Å². The van der Waals surface area contributed by atoms with Gasteiger partial charge in [0, 0.05) is 18.0 Å². The fourth-order valence-corrected chi connectivity index (χ4v) is 1.87. The van der Waals surface area contributed by atoms with Gasteiger partial charge >= 0.3 is 0 Å². The summed E-state index contributed by atoms with van der Waals surface area (Å²) in [6.45, 7) is 0.703. The molecular weight excluding hydrogens is 250 g/mol. The Bertz CT molecular complexity index is 651. The summed E-state index contributed by atoms with van der Waals surface area (Å²) in [5, 5.41) is 3.32. The van der Waals surface area contributed by atoms with Crippen molar-refractivity contribution in [2.75, 3.05) is 5.32 Å². The molecule has 0 bridgehead atoms. The van der Waals surface area contributed by atoms with Crippen molar-refractivity contribution >= 4 is 5.69 Å². The van der Waals surface area contributed by atoms with Gasteiger partial charge in [0.1, 0.15) is 11.5 Å². The maximum absolute atomic E-state index is 5.80. The normalized spacial score (nSPS) is 10.2. The molecule has 0 radical (unpaired) electrons. The van der Waals surface area contributed by atoms with Crippen molar-refractivity contribution in [1.82, 2.24) is 9.97 Å². The zero-order valence-electron chi connectivity index (χ0n) is 10.9. The largest absolute Gasteiger partial charge is 0.457 e. The highest BCUT2D eigenvalue weighted by Gasteiger charge is 1.99. The van der Waals surface area contributed by atoms with E-state index >= 15 is 0 Å². The Morgan fingerprint density at radius 2 is 1.85 bits per heavy atom. The summed E-state index contributed by atoms with van der Waals surface area (Å²) in [4.78, 5) is 7.04. The predicted octanol–water partition coefficient (Wildman–Crippen LogP) is 3.81. The van der Waals surface area contributed by atoms with E-state index in [1.807, 2.05) is 54.6 Å². The molecule has 3 aromatic rings. The van der Waals surface area contributed by atoms with Crippen LogP contribution in [-0.2, 0) is 6.54 Å². The van der Waals surface area contributed by atoms with Crippen molar-refractivity contribution in [2.24, 2.45) is 0 Å². The van der Waals surface area contributed by atoms with Gasteiger partial charge < -0.3 is 15.0 Å². The molecule has 0 aliphatic heterocycles.